The van der Waals surface area contributed by atoms with Gasteiger partial charge in [-0.2, -0.15) is 20.4 Å². The number of hydrogen-bond donors (Lipinski definition) is 3. The first-order valence-electron chi connectivity index (χ1n) is 10.1. The molecule has 2 aliphatic rings. The zero-order valence-electron chi connectivity index (χ0n) is 16.9. The quantitative estimate of drug-likeness (QED) is 0.561. The minimum atomic E-state index is -0.760. The molecule has 2 aromatic heterocycles. The van der Waals surface area contributed by atoms with E-state index in [2.05, 4.69) is 30.7 Å². The first kappa shape index (κ1) is 19.2. The first-order valence-corrected chi connectivity index (χ1v) is 10.1. The van der Waals surface area contributed by atoms with Crippen molar-refractivity contribution in [3.05, 3.63) is 75.2 Å². The number of nitrogens with one attached hydrogen (secondary N) is 3. The molecule has 10 heteroatoms. The summed E-state index contributed by atoms with van der Waals surface area (Å²) in [5.74, 6) is -0.399. The summed E-state index contributed by atoms with van der Waals surface area (Å²) in [5.41, 5.74) is 1.20. The third kappa shape index (κ3) is 3.49. The monoisotopic (exact) mass is 419 g/mol. The van der Waals surface area contributed by atoms with Gasteiger partial charge in [0.1, 0.15) is 11.2 Å². The van der Waals surface area contributed by atoms with Gasteiger partial charge in [-0.1, -0.05) is 30.3 Å². The van der Waals surface area contributed by atoms with Crippen molar-refractivity contribution in [3.63, 3.8) is 0 Å². The highest BCUT2D eigenvalue weighted by atomic mass is 16.2. The molecule has 2 amide bonds. The van der Waals surface area contributed by atoms with Crippen molar-refractivity contribution in [2.24, 2.45) is 0 Å². The number of hydrogen-bond acceptors (Lipinski definition) is 6. The van der Waals surface area contributed by atoms with E-state index in [9.17, 15) is 14.4 Å². The van der Waals surface area contributed by atoms with E-state index in [1.807, 2.05) is 30.3 Å². The van der Waals surface area contributed by atoms with E-state index in [4.69, 9.17) is 0 Å². The number of rotatable bonds is 5. The van der Waals surface area contributed by atoms with Crippen LogP contribution in [-0.2, 0) is 5.54 Å². The van der Waals surface area contributed by atoms with E-state index in [0.29, 0.717) is 17.1 Å². The van der Waals surface area contributed by atoms with E-state index < -0.39 is 11.2 Å². The molecule has 5 rings (SSSR count). The van der Waals surface area contributed by atoms with Gasteiger partial charge in [0, 0.05) is 11.6 Å². The average Bonchev–Trinajstić information content (AvgIpc) is 3.45. The van der Waals surface area contributed by atoms with Crippen LogP contribution >= 0.6 is 0 Å². The largest absolute Gasteiger partial charge is 0.345 e. The smallest absolute Gasteiger partial charge is 0.337 e. The highest BCUT2D eigenvalue weighted by Gasteiger charge is 2.49. The first-order chi connectivity index (χ1) is 14.9. The normalized spacial score (nSPS) is 17.1. The van der Waals surface area contributed by atoms with Crippen molar-refractivity contribution >= 4 is 11.8 Å². The van der Waals surface area contributed by atoms with E-state index >= 15 is 0 Å². The van der Waals surface area contributed by atoms with Crippen molar-refractivity contribution < 1.29 is 9.59 Å². The fourth-order valence-electron chi connectivity index (χ4n) is 4.02. The van der Waals surface area contributed by atoms with Crippen molar-refractivity contribution in [3.8, 4) is 0 Å². The Labute approximate surface area is 177 Å². The number of benzene rings is 1. The average molecular weight is 419 g/mol. The number of nitrogens with zero attached hydrogens (tertiary/aromatic N) is 4. The molecule has 0 unspecified atom stereocenters. The molecule has 3 heterocycles. The molecule has 1 aromatic carbocycles. The maximum absolute atomic E-state index is 13.1. The Morgan fingerprint density at radius 1 is 1.16 bits per heavy atom. The second-order valence-corrected chi connectivity index (χ2v) is 8.15. The van der Waals surface area contributed by atoms with E-state index in [-0.39, 0.29) is 36.5 Å². The minimum absolute atomic E-state index is 0.0850. The summed E-state index contributed by atoms with van der Waals surface area (Å²) in [4.78, 5) is 45.5. The number of aromatic nitrogens is 5. The molecule has 0 bridgehead atoms. The number of amides is 2. The fourth-order valence-corrected chi connectivity index (χ4v) is 4.02. The van der Waals surface area contributed by atoms with Crippen molar-refractivity contribution in [2.45, 2.75) is 31.2 Å². The standard InChI is InChI=1S/C21H21N7O3/c1-12-9-15(23-20(31)22-12)19(30)28-10-21(11-28,14-5-3-2-4-6-14)24-18(29)17-16(13-7-8-13)25-27-26-17/h2-6,9,13H,7-8,10-11H2,1H3,(H,24,29)(H,22,23,31)(H,25,26,27). The highest BCUT2D eigenvalue weighted by Crippen LogP contribution is 2.40. The van der Waals surface area contributed by atoms with Gasteiger partial charge in [-0.25, -0.2) is 4.79 Å². The van der Waals surface area contributed by atoms with Crippen LogP contribution in [0.1, 0.15) is 56.7 Å². The van der Waals surface area contributed by atoms with E-state index in [1.54, 1.807) is 17.9 Å². The Morgan fingerprint density at radius 2 is 1.90 bits per heavy atom. The summed E-state index contributed by atoms with van der Waals surface area (Å²) in [6.45, 7) is 2.21. The molecule has 0 spiro atoms. The third-order valence-electron chi connectivity index (χ3n) is 5.74. The Morgan fingerprint density at radius 3 is 2.58 bits per heavy atom. The summed E-state index contributed by atoms with van der Waals surface area (Å²) in [5, 5.41) is 13.8. The van der Waals surface area contributed by atoms with Gasteiger partial charge in [0.05, 0.1) is 18.8 Å². The number of aromatic amines is 2. The van der Waals surface area contributed by atoms with Crippen LogP contribution in [0.3, 0.4) is 0 Å². The lowest BCUT2D eigenvalue weighted by atomic mass is 9.81. The van der Waals surface area contributed by atoms with Gasteiger partial charge in [0.2, 0.25) is 0 Å². The molecule has 1 saturated carbocycles. The molecule has 2 fully saturated rings. The second kappa shape index (κ2) is 7.15. The summed E-state index contributed by atoms with van der Waals surface area (Å²) in [6.07, 6.45) is 2.00. The van der Waals surface area contributed by atoms with Gasteiger partial charge < -0.3 is 15.2 Å². The topological polar surface area (TPSA) is 137 Å². The van der Waals surface area contributed by atoms with Gasteiger partial charge in [-0.05, 0) is 31.4 Å². The third-order valence-corrected chi connectivity index (χ3v) is 5.74. The zero-order valence-corrected chi connectivity index (χ0v) is 16.9. The molecule has 3 N–H and O–H groups in total. The summed E-state index contributed by atoms with van der Waals surface area (Å²) < 4.78 is 0. The molecule has 3 aromatic rings. The summed E-state index contributed by atoms with van der Waals surface area (Å²) in [6, 6.07) is 11.1. The molecular formula is C21H21N7O3. The number of H-pyrrole nitrogens is 2. The van der Waals surface area contributed by atoms with Crippen LogP contribution in [0.5, 0.6) is 0 Å². The van der Waals surface area contributed by atoms with Gasteiger partial charge in [-0.15, -0.1) is 0 Å². The Hall–Kier alpha value is -3.82. The number of likely N-dealkylation sites (tertiary alicyclic amines) is 1. The van der Waals surface area contributed by atoms with Gasteiger partial charge in [-0.3, -0.25) is 9.59 Å². The molecule has 1 aliphatic heterocycles. The lowest BCUT2D eigenvalue weighted by Crippen LogP contribution is -2.69. The lowest BCUT2D eigenvalue weighted by molar-refractivity contribution is 0.0255. The molecule has 1 aliphatic carbocycles. The number of carbonyl (C=O) groups is 2. The minimum Gasteiger partial charge on any atom is -0.337 e. The molecule has 31 heavy (non-hydrogen) atoms. The predicted octanol–water partition coefficient (Wildman–Crippen LogP) is 0.855. The van der Waals surface area contributed by atoms with Crippen LogP contribution in [0.15, 0.2) is 41.2 Å². The van der Waals surface area contributed by atoms with Crippen molar-refractivity contribution in [2.75, 3.05) is 13.1 Å². The fraction of sp³-hybridized carbons (Fsp3) is 0.333. The van der Waals surface area contributed by atoms with Gasteiger partial charge >= 0.3 is 5.69 Å². The van der Waals surface area contributed by atoms with Gasteiger partial charge in [0.15, 0.2) is 5.69 Å². The highest BCUT2D eigenvalue weighted by molar-refractivity contribution is 5.96. The molecule has 1 saturated heterocycles. The van der Waals surface area contributed by atoms with E-state index in [0.717, 1.165) is 18.4 Å². The van der Waals surface area contributed by atoms with E-state index in [1.165, 1.54) is 0 Å². The maximum atomic E-state index is 13.1. The maximum Gasteiger partial charge on any atom is 0.345 e. The Bertz CT molecular complexity index is 1210. The number of carbonyl (C=O) groups excluding carboxylic acids is 2. The molecule has 0 atom stereocenters. The van der Waals surface area contributed by atoms with Crippen LogP contribution in [0, 0.1) is 6.92 Å². The van der Waals surface area contributed by atoms with Crippen LogP contribution in [-0.4, -0.2) is 55.2 Å². The molecule has 158 valence electrons. The van der Waals surface area contributed by atoms with Crippen LogP contribution in [0.25, 0.3) is 0 Å². The lowest BCUT2D eigenvalue weighted by Gasteiger charge is -2.50. The van der Waals surface area contributed by atoms with Crippen LogP contribution < -0.4 is 11.0 Å². The van der Waals surface area contributed by atoms with Crippen LogP contribution in [0.2, 0.25) is 0 Å². The Kier molecular flexibility index (Phi) is 4.42. The van der Waals surface area contributed by atoms with Gasteiger partial charge in [0.25, 0.3) is 11.8 Å². The predicted molar refractivity (Wildman–Crippen MR) is 109 cm³/mol. The molecule has 0 radical (unpaired) electrons. The van der Waals surface area contributed by atoms with Crippen molar-refractivity contribution in [1.82, 2.24) is 35.6 Å². The summed E-state index contributed by atoms with van der Waals surface area (Å²) in [7, 11) is 0. The summed E-state index contributed by atoms with van der Waals surface area (Å²) >= 11 is 0. The van der Waals surface area contributed by atoms with Crippen LogP contribution in [0.4, 0.5) is 0 Å². The SMILES string of the molecule is Cc1cc(C(=O)N2CC(NC(=O)c3n[nH]nc3C3CC3)(c3ccccc3)C2)nc(=O)[nH]1. The molecular weight excluding hydrogens is 398 g/mol. The second-order valence-electron chi connectivity index (χ2n) is 8.15. The zero-order chi connectivity index (χ0) is 21.6. The molecule has 10 nitrogen and oxygen atoms in total. The number of aryl methyl sites for hydroxylation is 1. The Balaban J connectivity index is 1.40. The van der Waals surface area contributed by atoms with Crippen molar-refractivity contribution in [1.29, 1.82) is 0 Å².